The van der Waals surface area contributed by atoms with Crippen LogP contribution in [0.15, 0.2) is 27.6 Å². The summed E-state index contributed by atoms with van der Waals surface area (Å²) in [7, 11) is 0. The minimum Gasteiger partial charge on any atom is -0.480 e. The summed E-state index contributed by atoms with van der Waals surface area (Å²) in [5.41, 5.74) is 0.925. The van der Waals surface area contributed by atoms with Gasteiger partial charge in [-0.3, -0.25) is 0 Å². The number of rotatable bonds is 12. The van der Waals surface area contributed by atoms with Crippen LogP contribution in [-0.2, 0) is 31.9 Å². The number of carbonyl (C=O) groups excluding carboxylic acids is 2. The first-order valence-electron chi connectivity index (χ1n) is 12.2. The van der Waals surface area contributed by atoms with Crippen molar-refractivity contribution in [1.82, 2.24) is 10.3 Å². The largest absolute Gasteiger partial charge is 0.480 e. The zero-order chi connectivity index (χ0) is 28.9. The maximum atomic E-state index is 12.2. The number of alkyl carbamates (subject to hydrolysis) is 1. The fraction of sp³-hybridized carbons (Fsp3) is 0.556. The van der Waals surface area contributed by atoms with E-state index in [-0.39, 0.29) is 6.42 Å². The van der Waals surface area contributed by atoms with E-state index < -0.39 is 41.9 Å². The third-order valence-corrected chi connectivity index (χ3v) is 5.86. The molecule has 0 saturated heterocycles. The molecule has 1 amide bonds. The number of thiazole rings is 1. The minimum atomic E-state index is -1.13. The summed E-state index contributed by atoms with van der Waals surface area (Å²) in [5.74, 6) is 3.30. The van der Waals surface area contributed by atoms with Crippen LogP contribution in [0.5, 0.6) is 0 Å². The summed E-state index contributed by atoms with van der Waals surface area (Å²) in [5, 5.41) is 23.8. The first-order valence-corrected chi connectivity index (χ1v) is 13.9. The van der Waals surface area contributed by atoms with Crippen LogP contribution in [0, 0.1) is 11.8 Å². The third-order valence-electron chi connectivity index (χ3n) is 4.67. The average molecular weight is 614 g/mol. The number of aryl methyl sites for hydroxylation is 1. The van der Waals surface area contributed by atoms with Crippen molar-refractivity contribution in [3.8, 4) is 11.8 Å². The molecular weight excluding hydrogens is 576 g/mol. The number of ether oxygens (including phenoxy) is 2. The third kappa shape index (κ3) is 15.5. The van der Waals surface area contributed by atoms with Crippen molar-refractivity contribution < 1.29 is 34.1 Å². The molecule has 1 aromatic rings. The zero-order valence-corrected chi connectivity index (χ0v) is 25.1. The maximum Gasteiger partial charge on any atom is 0.408 e. The molecule has 0 aliphatic rings. The van der Waals surface area contributed by atoms with Gasteiger partial charge in [0, 0.05) is 17.7 Å². The van der Waals surface area contributed by atoms with Crippen LogP contribution >= 0.6 is 27.3 Å². The van der Waals surface area contributed by atoms with Gasteiger partial charge in [-0.1, -0.05) is 27.4 Å². The standard InChI is InChI=1S/C27H37BrN2O7S/c1-17(13-19(3)31)9-7-12-24(32)36-21(14-18(2)28)15-23-29-20(16-38-23)10-8-11-22(25(33)34)30-26(35)37-27(4,5)6/h9,14,16,19,21-22,31H,8,10-11,13,15H2,1-6H3,(H,30,35)(H,33,34)/b17-9+,18-14+/t19-,21+,22-/m0/s1. The lowest BCUT2D eigenvalue weighted by molar-refractivity contribution is -0.140. The highest BCUT2D eigenvalue weighted by atomic mass is 79.9. The number of halogens is 1. The Morgan fingerprint density at radius 3 is 2.55 bits per heavy atom. The number of aliphatic carboxylic acids is 1. The molecule has 38 heavy (non-hydrogen) atoms. The van der Waals surface area contributed by atoms with Crippen LogP contribution in [0.1, 0.15) is 71.5 Å². The number of carbonyl (C=O) groups is 3. The molecule has 3 N–H and O–H groups in total. The Hall–Kier alpha value is -2.68. The summed E-state index contributed by atoms with van der Waals surface area (Å²) in [4.78, 5) is 40.3. The van der Waals surface area contributed by atoms with Gasteiger partial charge in [0.2, 0.25) is 0 Å². The molecule has 9 nitrogen and oxygen atoms in total. The van der Waals surface area contributed by atoms with Crippen molar-refractivity contribution in [2.24, 2.45) is 0 Å². The highest BCUT2D eigenvalue weighted by Crippen LogP contribution is 2.18. The van der Waals surface area contributed by atoms with E-state index in [2.05, 4.69) is 38.1 Å². The highest BCUT2D eigenvalue weighted by Gasteiger charge is 2.24. The number of esters is 1. The number of hydrogen-bond acceptors (Lipinski definition) is 8. The second-order valence-electron chi connectivity index (χ2n) is 9.88. The van der Waals surface area contributed by atoms with Crippen LogP contribution in [0.4, 0.5) is 4.79 Å². The number of allylic oxidation sites excluding steroid dienone is 2. The molecular formula is C27H37BrN2O7S. The molecule has 210 valence electrons. The van der Waals surface area contributed by atoms with Gasteiger partial charge in [-0.05, 0) is 83.9 Å². The summed E-state index contributed by atoms with van der Waals surface area (Å²) >= 11 is 4.79. The Balaban J connectivity index is 2.70. The van der Waals surface area contributed by atoms with Gasteiger partial charge in [-0.15, -0.1) is 11.3 Å². The molecule has 1 heterocycles. The Bertz CT molecular complexity index is 1070. The van der Waals surface area contributed by atoms with Gasteiger partial charge >= 0.3 is 18.0 Å². The van der Waals surface area contributed by atoms with E-state index in [0.717, 1.165) is 20.8 Å². The van der Waals surface area contributed by atoms with E-state index in [1.807, 2.05) is 19.2 Å². The molecule has 0 saturated carbocycles. The van der Waals surface area contributed by atoms with Gasteiger partial charge in [0.15, 0.2) is 0 Å². The number of aliphatic hydroxyl groups is 1. The lowest BCUT2D eigenvalue weighted by Gasteiger charge is -2.21. The number of nitrogens with zero attached hydrogens (tertiary/aromatic N) is 1. The molecule has 0 fully saturated rings. The van der Waals surface area contributed by atoms with Gasteiger partial charge in [0.1, 0.15) is 17.7 Å². The van der Waals surface area contributed by atoms with E-state index in [1.165, 1.54) is 11.3 Å². The molecule has 1 aromatic heterocycles. The molecule has 0 aromatic carbocycles. The molecule has 1 rings (SSSR count). The Kier molecular flexibility index (Phi) is 14.3. The number of aliphatic hydroxyl groups excluding tert-OH is 1. The lowest BCUT2D eigenvalue weighted by Crippen LogP contribution is -2.43. The molecule has 0 aliphatic heterocycles. The number of nitrogens with one attached hydrogen (secondary N) is 1. The zero-order valence-electron chi connectivity index (χ0n) is 22.7. The van der Waals surface area contributed by atoms with Crippen LogP contribution in [0.3, 0.4) is 0 Å². The molecule has 3 atom stereocenters. The van der Waals surface area contributed by atoms with Crippen LogP contribution in [0.25, 0.3) is 0 Å². The normalized spacial score (nSPS) is 14.5. The van der Waals surface area contributed by atoms with Crippen LogP contribution < -0.4 is 5.32 Å². The van der Waals surface area contributed by atoms with Crippen molar-refractivity contribution in [2.75, 3.05) is 0 Å². The van der Waals surface area contributed by atoms with Crippen molar-refractivity contribution in [2.45, 2.75) is 97.5 Å². The minimum absolute atomic E-state index is 0.219. The van der Waals surface area contributed by atoms with Gasteiger partial charge in [0.05, 0.1) is 16.8 Å². The molecule has 0 spiro atoms. The summed E-state index contributed by atoms with van der Waals surface area (Å²) < 4.78 is 11.4. The number of aromatic nitrogens is 1. The van der Waals surface area contributed by atoms with Gasteiger partial charge < -0.3 is 25.0 Å². The van der Waals surface area contributed by atoms with Crippen molar-refractivity contribution in [3.05, 3.63) is 38.3 Å². The summed E-state index contributed by atoms with van der Waals surface area (Å²) in [6.07, 6.45) is 3.58. The summed E-state index contributed by atoms with van der Waals surface area (Å²) in [6, 6.07) is -1.06. The summed E-state index contributed by atoms with van der Waals surface area (Å²) in [6.45, 7) is 10.4. The van der Waals surface area contributed by atoms with Crippen LogP contribution in [-0.4, -0.2) is 57.1 Å². The van der Waals surface area contributed by atoms with Crippen molar-refractivity contribution in [1.29, 1.82) is 0 Å². The average Bonchev–Trinajstić information content (AvgIpc) is 3.17. The number of carboxylic acid groups (broad SMARTS) is 1. The number of carboxylic acids is 1. The number of hydrogen-bond donors (Lipinski definition) is 3. The monoisotopic (exact) mass is 612 g/mol. The Morgan fingerprint density at radius 2 is 1.97 bits per heavy atom. The molecule has 0 aliphatic carbocycles. The van der Waals surface area contributed by atoms with E-state index >= 15 is 0 Å². The second kappa shape index (κ2) is 16.3. The molecule has 0 bridgehead atoms. The van der Waals surface area contributed by atoms with E-state index in [9.17, 15) is 24.6 Å². The second-order valence-corrected chi connectivity index (χ2v) is 12.1. The maximum absolute atomic E-state index is 12.2. The van der Waals surface area contributed by atoms with Gasteiger partial charge in [-0.25, -0.2) is 19.4 Å². The highest BCUT2D eigenvalue weighted by molar-refractivity contribution is 9.11. The van der Waals surface area contributed by atoms with Crippen molar-refractivity contribution >= 4 is 45.3 Å². The Morgan fingerprint density at radius 1 is 1.29 bits per heavy atom. The van der Waals surface area contributed by atoms with E-state index in [0.29, 0.717) is 25.7 Å². The molecule has 0 radical (unpaired) electrons. The fourth-order valence-corrected chi connectivity index (χ4v) is 4.39. The topological polar surface area (TPSA) is 135 Å². The number of amides is 1. The van der Waals surface area contributed by atoms with E-state index in [1.54, 1.807) is 39.8 Å². The quantitative estimate of drug-likeness (QED) is 0.172. The van der Waals surface area contributed by atoms with Gasteiger partial charge in [-0.2, -0.15) is 0 Å². The lowest BCUT2D eigenvalue weighted by atomic mass is 10.1. The van der Waals surface area contributed by atoms with E-state index in [4.69, 9.17) is 9.47 Å². The molecule has 11 heteroatoms. The predicted octanol–water partition coefficient (Wildman–Crippen LogP) is 4.92. The SMILES string of the molecule is C/C(Br)=C\[C@H](Cc1nc(CCC[C@H](NC(=O)OC(C)(C)C)C(=O)O)cs1)OC(=O)C#C/C=C(\C)C[C@H](C)O. The van der Waals surface area contributed by atoms with Crippen molar-refractivity contribution in [3.63, 3.8) is 0 Å². The van der Waals surface area contributed by atoms with Gasteiger partial charge in [0.25, 0.3) is 0 Å². The first-order chi connectivity index (χ1) is 17.6. The molecule has 0 unspecified atom stereocenters. The smallest absolute Gasteiger partial charge is 0.408 e. The Labute approximate surface area is 236 Å². The fourth-order valence-electron chi connectivity index (χ4n) is 3.22. The van der Waals surface area contributed by atoms with Crippen LogP contribution in [0.2, 0.25) is 0 Å². The predicted molar refractivity (Wildman–Crippen MR) is 150 cm³/mol. The first kappa shape index (κ1) is 33.3.